The van der Waals surface area contributed by atoms with Crippen LogP contribution in [-0.2, 0) is 4.74 Å². The molecule has 3 saturated heterocycles. The first-order valence-corrected chi connectivity index (χ1v) is 13.1. The normalized spacial score (nSPS) is 20.5. The summed E-state index contributed by atoms with van der Waals surface area (Å²) in [5, 5.41) is 13.1. The van der Waals surface area contributed by atoms with Crippen LogP contribution in [0.2, 0.25) is 0 Å². The lowest BCUT2D eigenvalue weighted by Crippen LogP contribution is -2.56. The largest absolute Gasteiger partial charge is 0.378 e. The van der Waals surface area contributed by atoms with Gasteiger partial charge in [-0.05, 0) is 62.2 Å². The van der Waals surface area contributed by atoms with Crippen LogP contribution >= 0.6 is 0 Å². The van der Waals surface area contributed by atoms with Gasteiger partial charge in [0.15, 0.2) is 5.82 Å². The summed E-state index contributed by atoms with van der Waals surface area (Å²) in [6.45, 7) is 9.16. The first kappa shape index (κ1) is 23.6. The van der Waals surface area contributed by atoms with Crippen LogP contribution in [0.4, 0.5) is 23.0 Å². The second-order valence-electron chi connectivity index (χ2n) is 10.0. The van der Waals surface area contributed by atoms with Gasteiger partial charge in [-0.15, -0.1) is 0 Å². The van der Waals surface area contributed by atoms with E-state index in [0.717, 1.165) is 75.7 Å². The monoisotopic (exact) mass is 496 g/mol. The van der Waals surface area contributed by atoms with Crippen molar-refractivity contribution in [1.82, 2.24) is 19.9 Å². The first-order valence-electron chi connectivity index (χ1n) is 13.1. The molecule has 3 fully saturated rings. The summed E-state index contributed by atoms with van der Waals surface area (Å²) in [4.78, 5) is 20.6. The smallest absolute Gasteiger partial charge is 0.230 e. The summed E-state index contributed by atoms with van der Waals surface area (Å²) in [6.07, 6.45) is 3.82. The molecule has 0 bridgehead atoms. The maximum atomic E-state index is 9.80. The molecular weight excluding hydrogens is 464 g/mol. The van der Waals surface area contributed by atoms with Crippen molar-refractivity contribution in [2.24, 2.45) is 0 Å². The third kappa shape index (κ3) is 4.95. The summed E-state index contributed by atoms with van der Waals surface area (Å²) in [5.41, 5.74) is 4.59. The van der Waals surface area contributed by atoms with Gasteiger partial charge >= 0.3 is 0 Å². The molecule has 37 heavy (non-hydrogen) atoms. The van der Waals surface area contributed by atoms with Gasteiger partial charge in [0.1, 0.15) is 12.4 Å². The van der Waals surface area contributed by atoms with Crippen molar-refractivity contribution in [3.63, 3.8) is 0 Å². The number of hydrogen-bond acceptors (Lipinski definition) is 9. The fourth-order valence-corrected chi connectivity index (χ4v) is 5.47. The number of benzene rings is 2. The van der Waals surface area contributed by atoms with Crippen molar-refractivity contribution in [1.29, 1.82) is 5.26 Å². The standard InChI is InChI=1S/C28H32N8O/c1-20-3-2-10-36(20)26-9-4-21(15-22(26)16-29)27-30-19-31-28(33-27)32-23-5-7-24(8-6-23)34-11-13-35(14-12-34)25-17-37-18-25/h4-9,15,19-20,25H,2-3,10-14,17-18H2,1H3,(H,30,31,32,33). The lowest BCUT2D eigenvalue weighted by molar-refractivity contribution is -0.0660. The molecule has 9 nitrogen and oxygen atoms in total. The maximum absolute atomic E-state index is 9.80. The minimum absolute atomic E-state index is 0.448. The Morgan fingerprint density at radius 3 is 2.49 bits per heavy atom. The van der Waals surface area contributed by atoms with E-state index in [0.29, 0.717) is 29.4 Å². The molecule has 0 radical (unpaired) electrons. The lowest BCUT2D eigenvalue weighted by Gasteiger charge is -2.43. The maximum Gasteiger partial charge on any atom is 0.230 e. The molecule has 0 aliphatic carbocycles. The number of hydrogen-bond donors (Lipinski definition) is 1. The van der Waals surface area contributed by atoms with Crippen LogP contribution in [0.1, 0.15) is 25.3 Å². The number of nitrogens with zero attached hydrogens (tertiary/aromatic N) is 7. The molecule has 0 amide bonds. The first-order chi connectivity index (χ1) is 18.2. The third-order valence-electron chi connectivity index (χ3n) is 7.75. The van der Waals surface area contributed by atoms with Crippen LogP contribution in [0.5, 0.6) is 0 Å². The van der Waals surface area contributed by atoms with Crippen molar-refractivity contribution >= 4 is 23.0 Å². The van der Waals surface area contributed by atoms with Gasteiger partial charge < -0.3 is 19.9 Å². The van der Waals surface area contributed by atoms with Gasteiger partial charge in [-0.25, -0.2) is 9.97 Å². The molecule has 1 unspecified atom stereocenters. The Morgan fingerprint density at radius 1 is 1.00 bits per heavy atom. The van der Waals surface area contributed by atoms with Crippen LogP contribution in [0, 0.1) is 11.3 Å². The predicted octanol–water partition coefficient (Wildman–Crippen LogP) is 3.66. The minimum atomic E-state index is 0.448. The zero-order valence-corrected chi connectivity index (χ0v) is 21.2. The quantitative estimate of drug-likeness (QED) is 0.549. The van der Waals surface area contributed by atoms with E-state index in [9.17, 15) is 5.26 Å². The van der Waals surface area contributed by atoms with Crippen molar-refractivity contribution in [2.75, 3.05) is 61.1 Å². The van der Waals surface area contributed by atoms with Gasteiger partial charge in [0.05, 0.1) is 30.5 Å². The number of piperazine rings is 1. The lowest BCUT2D eigenvalue weighted by atomic mass is 10.1. The van der Waals surface area contributed by atoms with E-state index in [2.05, 4.69) is 72.2 Å². The predicted molar refractivity (Wildman–Crippen MR) is 144 cm³/mol. The minimum Gasteiger partial charge on any atom is -0.378 e. The van der Waals surface area contributed by atoms with Gasteiger partial charge in [-0.3, -0.25) is 4.90 Å². The number of anilines is 4. The molecule has 6 rings (SSSR count). The van der Waals surface area contributed by atoms with Crippen LogP contribution in [0.15, 0.2) is 48.8 Å². The molecule has 3 aliphatic heterocycles. The summed E-state index contributed by atoms with van der Waals surface area (Å²) in [7, 11) is 0. The molecule has 3 aromatic rings. The van der Waals surface area contributed by atoms with Crippen LogP contribution in [0.3, 0.4) is 0 Å². The van der Waals surface area contributed by atoms with E-state index in [1.165, 1.54) is 12.0 Å². The zero-order chi connectivity index (χ0) is 25.2. The average molecular weight is 497 g/mol. The highest BCUT2D eigenvalue weighted by Crippen LogP contribution is 2.31. The topological polar surface area (TPSA) is 93.4 Å². The molecule has 4 heterocycles. The molecule has 1 aromatic heterocycles. The summed E-state index contributed by atoms with van der Waals surface area (Å²) < 4.78 is 5.34. The molecular formula is C28H32N8O. The molecule has 9 heteroatoms. The Labute approximate surface area is 217 Å². The van der Waals surface area contributed by atoms with Crippen molar-refractivity contribution in [2.45, 2.75) is 31.8 Å². The SMILES string of the molecule is CC1CCCN1c1ccc(-c2ncnc(Nc3ccc(N4CCN(C5COC5)CC4)cc3)n2)cc1C#N. The number of nitriles is 1. The molecule has 0 saturated carbocycles. The van der Waals surface area contributed by atoms with E-state index < -0.39 is 0 Å². The van der Waals surface area contributed by atoms with Gasteiger partial charge in [-0.1, -0.05) is 0 Å². The Kier molecular flexibility index (Phi) is 6.60. The summed E-state index contributed by atoms with van der Waals surface area (Å²) in [5.74, 6) is 1.02. The Bertz CT molecular complexity index is 1280. The second kappa shape index (κ2) is 10.3. The van der Waals surface area contributed by atoms with Crippen LogP contribution in [0.25, 0.3) is 11.4 Å². The molecule has 2 aromatic carbocycles. The van der Waals surface area contributed by atoms with Gasteiger partial charge in [-0.2, -0.15) is 10.2 Å². The number of nitrogens with one attached hydrogen (secondary N) is 1. The van der Waals surface area contributed by atoms with Crippen molar-refractivity contribution in [3.8, 4) is 17.5 Å². The van der Waals surface area contributed by atoms with Gasteiger partial charge in [0, 0.05) is 55.7 Å². The Morgan fingerprint density at radius 2 is 1.81 bits per heavy atom. The van der Waals surface area contributed by atoms with E-state index >= 15 is 0 Å². The van der Waals surface area contributed by atoms with E-state index in [-0.39, 0.29) is 0 Å². The molecule has 1 atom stereocenters. The molecule has 0 spiro atoms. The number of aromatic nitrogens is 3. The fourth-order valence-electron chi connectivity index (χ4n) is 5.47. The van der Waals surface area contributed by atoms with Crippen molar-refractivity contribution < 1.29 is 4.74 Å². The number of rotatable bonds is 6. The van der Waals surface area contributed by atoms with Crippen molar-refractivity contribution in [3.05, 3.63) is 54.4 Å². The molecule has 190 valence electrons. The van der Waals surface area contributed by atoms with Gasteiger partial charge in [0.2, 0.25) is 5.95 Å². The van der Waals surface area contributed by atoms with Crippen LogP contribution in [-0.4, -0.2) is 77.9 Å². The molecule has 1 N–H and O–H groups in total. The highest BCUT2D eigenvalue weighted by molar-refractivity contribution is 5.69. The fraction of sp³-hybridized carbons (Fsp3) is 0.429. The average Bonchev–Trinajstić information content (AvgIpc) is 3.34. The molecule has 3 aliphatic rings. The highest BCUT2D eigenvalue weighted by atomic mass is 16.5. The summed E-state index contributed by atoms with van der Waals surface area (Å²) >= 11 is 0. The summed E-state index contributed by atoms with van der Waals surface area (Å²) in [6, 6.07) is 17.7. The van der Waals surface area contributed by atoms with E-state index in [4.69, 9.17) is 4.74 Å². The zero-order valence-electron chi connectivity index (χ0n) is 21.2. The van der Waals surface area contributed by atoms with Gasteiger partial charge in [0.25, 0.3) is 0 Å². The van der Waals surface area contributed by atoms with Crippen LogP contribution < -0.4 is 15.1 Å². The van der Waals surface area contributed by atoms with E-state index in [1.807, 2.05) is 18.2 Å². The third-order valence-corrected chi connectivity index (χ3v) is 7.75. The number of ether oxygens (including phenoxy) is 1. The highest BCUT2D eigenvalue weighted by Gasteiger charge is 2.29. The second-order valence-corrected chi connectivity index (χ2v) is 10.0. The Hall–Kier alpha value is -3.74. The van der Waals surface area contributed by atoms with E-state index in [1.54, 1.807) is 0 Å². The Balaban J connectivity index is 1.12.